The number of rotatable bonds is 1. The van der Waals surface area contributed by atoms with Gasteiger partial charge in [0.1, 0.15) is 0 Å². The van der Waals surface area contributed by atoms with Crippen molar-refractivity contribution in [1.29, 1.82) is 5.26 Å². The first-order valence-electron chi connectivity index (χ1n) is 1.09. The molecule has 0 aliphatic heterocycles. The molecule has 0 saturated carbocycles. The van der Waals surface area contributed by atoms with E-state index in [2.05, 4.69) is 4.18 Å². The smallest absolute Gasteiger partial charge is 0.715 e. The summed E-state index contributed by atoms with van der Waals surface area (Å²) in [6, 6.07) is 0. The van der Waals surface area contributed by atoms with Gasteiger partial charge in [0.2, 0.25) is 0 Å². The molecule has 46 valence electrons. The Morgan fingerprint density at radius 2 is 1.89 bits per heavy atom. The Balaban J connectivity index is -0.000000180. The van der Waals surface area contributed by atoms with Gasteiger partial charge in [-0.2, -0.15) is 8.42 Å². The van der Waals surface area contributed by atoms with Crippen molar-refractivity contribution in [1.82, 2.24) is 0 Å². The van der Waals surface area contributed by atoms with Crippen LogP contribution < -0.4 is 51.4 Å². The van der Waals surface area contributed by atoms with Crippen molar-refractivity contribution in [2.45, 2.75) is 0 Å². The second-order valence-electron chi connectivity index (χ2n) is 0.583. The topological polar surface area (TPSA) is 90.2 Å². The van der Waals surface area contributed by atoms with Crippen LogP contribution in [0.1, 0.15) is 0 Å². The number of nitrogens with zero attached hydrogens (tertiary/aromatic N) is 1. The predicted octanol–water partition coefficient (Wildman–Crippen LogP) is -4.05. The average molecular weight is 262 g/mol. The maximum absolute atomic E-state index is 9.23. The van der Waals surface area contributed by atoms with Gasteiger partial charge in [-0.1, -0.05) is 0 Å². The molecule has 0 bridgehead atoms. The van der Waals surface area contributed by atoms with E-state index in [0.717, 1.165) is 0 Å². The zero-order chi connectivity index (χ0) is 5.91. The number of nitriles is 1. The van der Waals surface area contributed by atoms with Gasteiger partial charge in [-0.25, -0.2) is 0 Å². The van der Waals surface area contributed by atoms with E-state index in [1.807, 2.05) is 0 Å². The van der Waals surface area contributed by atoms with Gasteiger partial charge in [0.05, 0.1) is 0 Å². The van der Waals surface area contributed by atoms with Crippen LogP contribution >= 0.6 is 0 Å². The Kier molecular flexibility index (Phi) is 14.1. The van der Waals surface area contributed by atoms with Gasteiger partial charge in [-0.05, 0) is 0 Å². The molecular weight excluding hydrogens is 262 g/mol. The Bertz CT molecular complexity index is 181. The first kappa shape index (κ1) is 16.8. The fraction of sp³-hybridized carbons (Fsp3) is 0. The van der Waals surface area contributed by atoms with Gasteiger partial charge in [-0.3, -0.25) is 0 Å². The second kappa shape index (κ2) is 7.57. The quantitative estimate of drug-likeness (QED) is 0.208. The van der Waals surface area contributed by atoms with E-state index in [-0.39, 0.29) is 70.9 Å². The largest absolute Gasteiger partial charge is 2.00 e. The Hall–Kier alpha value is 1.46. The average Bonchev–Trinajstić information content (AvgIpc) is 1.30. The molecule has 5 nitrogen and oxygen atoms in total. The third-order valence-corrected chi connectivity index (χ3v) is 0.418. The molecule has 0 aliphatic rings. The molecule has 0 saturated heterocycles. The summed E-state index contributed by atoms with van der Waals surface area (Å²) in [5, 5.41) is 7.35. The SMILES string of the molecule is N#COS(=O)(=O)[O-].[K+].[Ru+2]. The first-order valence-corrected chi connectivity index (χ1v) is 2.43. The summed E-state index contributed by atoms with van der Waals surface area (Å²) in [6.07, 6.45) is 0.707. The molecule has 0 N–H and O–H groups in total. The Morgan fingerprint density at radius 3 is 1.89 bits per heavy atom. The molecule has 0 atom stereocenters. The van der Waals surface area contributed by atoms with Crippen LogP contribution in [-0.2, 0) is 34.1 Å². The van der Waals surface area contributed by atoms with E-state index < -0.39 is 10.4 Å². The molecule has 8 heteroatoms. The zero-order valence-electron chi connectivity index (χ0n) is 4.34. The van der Waals surface area contributed by atoms with Gasteiger partial charge >= 0.3 is 77.1 Å². The van der Waals surface area contributed by atoms with Crippen molar-refractivity contribution in [2.24, 2.45) is 0 Å². The van der Waals surface area contributed by atoms with Crippen LogP contribution in [0.5, 0.6) is 0 Å². The van der Waals surface area contributed by atoms with Crippen LogP contribution in [0.3, 0.4) is 0 Å². The van der Waals surface area contributed by atoms with E-state index in [0.29, 0.717) is 6.26 Å². The summed E-state index contributed by atoms with van der Waals surface area (Å²) in [4.78, 5) is 0. The van der Waals surface area contributed by atoms with E-state index in [9.17, 15) is 13.0 Å². The molecule has 0 aromatic carbocycles. The van der Waals surface area contributed by atoms with Crippen LogP contribution in [0.2, 0.25) is 0 Å². The molecule has 0 rings (SSSR count). The van der Waals surface area contributed by atoms with E-state index in [1.165, 1.54) is 0 Å². The van der Waals surface area contributed by atoms with E-state index in [4.69, 9.17) is 5.26 Å². The van der Waals surface area contributed by atoms with Crippen molar-refractivity contribution in [3.05, 3.63) is 0 Å². The molecule has 0 radical (unpaired) electrons. The molecule has 0 aromatic rings. The molecule has 0 heterocycles. The molecule has 9 heavy (non-hydrogen) atoms. The molecule has 0 spiro atoms. The van der Waals surface area contributed by atoms with Crippen molar-refractivity contribution in [2.75, 3.05) is 0 Å². The van der Waals surface area contributed by atoms with Crippen LogP contribution in [0.25, 0.3) is 0 Å². The summed E-state index contributed by atoms with van der Waals surface area (Å²) in [5.41, 5.74) is 0. The summed E-state index contributed by atoms with van der Waals surface area (Å²) in [6.45, 7) is 0. The van der Waals surface area contributed by atoms with Gasteiger partial charge in [-0.15, -0.1) is 5.26 Å². The molecule has 0 fully saturated rings. The monoisotopic (exact) mass is 263 g/mol. The minimum Gasteiger partial charge on any atom is -0.715 e. The summed E-state index contributed by atoms with van der Waals surface area (Å²) in [7, 11) is -4.79. The van der Waals surface area contributed by atoms with Crippen LogP contribution in [-0.4, -0.2) is 13.0 Å². The minimum absolute atomic E-state index is 0. The maximum Gasteiger partial charge on any atom is 2.00 e. The number of hydrogen-bond acceptors (Lipinski definition) is 5. The normalized spacial score (nSPS) is 7.56. The minimum atomic E-state index is -4.79. The summed E-state index contributed by atoms with van der Waals surface area (Å²) in [5.74, 6) is 0. The molecule has 0 aromatic heterocycles. The first-order chi connectivity index (χ1) is 3.06. The standard InChI is InChI=1S/CHNO4S.K.Ru/c2-1-6-7(3,4)5;;/h(H,3,4,5);;/q;+1;+2/p-1. The summed E-state index contributed by atoms with van der Waals surface area (Å²) >= 11 is 0. The van der Waals surface area contributed by atoms with Gasteiger partial charge in [0.25, 0.3) is 10.4 Å². The maximum atomic E-state index is 9.23. The Morgan fingerprint density at radius 1 is 1.56 bits per heavy atom. The van der Waals surface area contributed by atoms with Crippen molar-refractivity contribution in [3.8, 4) is 6.26 Å². The van der Waals surface area contributed by atoms with Crippen LogP contribution in [0.15, 0.2) is 0 Å². The third-order valence-electron chi connectivity index (χ3n) is 0.139. The fourth-order valence-electron chi connectivity index (χ4n) is 0.0456. The molecule has 0 aliphatic carbocycles. The van der Waals surface area contributed by atoms with Gasteiger partial charge in [0.15, 0.2) is 0 Å². The van der Waals surface area contributed by atoms with E-state index in [1.54, 1.807) is 0 Å². The molecular formula is CKNO4RuS+2. The van der Waals surface area contributed by atoms with E-state index >= 15 is 0 Å². The van der Waals surface area contributed by atoms with Gasteiger partial charge in [0, 0.05) is 0 Å². The number of hydrogen-bond donors (Lipinski definition) is 0. The molecule has 0 amide bonds. The zero-order valence-corrected chi connectivity index (χ0v) is 10.0. The Labute approximate surface area is 108 Å². The second-order valence-corrected chi connectivity index (χ2v) is 1.57. The third kappa shape index (κ3) is 17.7. The van der Waals surface area contributed by atoms with Crippen molar-refractivity contribution >= 4 is 10.4 Å². The molecule has 0 unspecified atom stereocenters. The van der Waals surface area contributed by atoms with Crippen LogP contribution in [0, 0.1) is 11.5 Å². The summed E-state index contributed by atoms with van der Waals surface area (Å²) < 4.78 is 30.6. The van der Waals surface area contributed by atoms with Crippen molar-refractivity contribution < 1.29 is 88.0 Å². The fourth-order valence-corrected chi connectivity index (χ4v) is 0.137. The van der Waals surface area contributed by atoms with Crippen LogP contribution in [0.4, 0.5) is 0 Å². The predicted molar refractivity (Wildman–Crippen MR) is 16.4 cm³/mol. The van der Waals surface area contributed by atoms with Gasteiger partial charge < -0.3 is 8.74 Å². The van der Waals surface area contributed by atoms with Crippen molar-refractivity contribution in [3.63, 3.8) is 0 Å².